The molecular formula is C18H27NO. The highest BCUT2D eigenvalue weighted by molar-refractivity contribution is 5.95. The van der Waals surface area contributed by atoms with Crippen LogP contribution in [-0.2, 0) is 4.79 Å². The van der Waals surface area contributed by atoms with Crippen LogP contribution in [0.15, 0.2) is 12.3 Å². The summed E-state index contributed by atoms with van der Waals surface area (Å²) in [5, 5.41) is 0. The third kappa shape index (κ3) is 2.21. The van der Waals surface area contributed by atoms with Crippen LogP contribution in [0.1, 0.15) is 57.8 Å². The molecular weight excluding hydrogens is 246 g/mol. The first-order chi connectivity index (χ1) is 9.73. The van der Waals surface area contributed by atoms with Gasteiger partial charge >= 0.3 is 0 Å². The number of likely N-dealkylation sites (tertiary alicyclic amines) is 1. The molecule has 4 aliphatic carbocycles. The van der Waals surface area contributed by atoms with Crippen LogP contribution in [0.4, 0.5) is 0 Å². The van der Waals surface area contributed by atoms with E-state index in [4.69, 9.17) is 0 Å². The van der Waals surface area contributed by atoms with Gasteiger partial charge in [-0.05, 0) is 81.6 Å². The summed E-state index contributed by atoms with van der Waals surface area (Å²) in [4.78, 5) is 15.2. The summed E-state index contributed by atoms with van der Waals surface area (Å²) < 4.78 is 0. The Bertz CT molecular complexity index is 384. The molecule has 5 aliphatic rings. The molecule has 2 nitrogen and oxygen atoms in total. The molecule has 5 rings (SSSR count). The van der Waals surface area contributed by atoms with Crippen LogP contribution >= 0.6 is 0 Å². The van der Waals surface area contributed by atoms with Crippen molar-refractivity contribution in [3.8, 4) is 0 Å². The van der Waals surface area contributed by atoms with Crippen LogP contribution in [0.5, 0.6) is 0 Å². The molecule has 0 aromatic heterocycles. The number of allylic oxidation sites excluding steroid dienone is 1. The Balaban J connectivity index is 1.46. The Morgan fingerprint density at radius 3 is 2.00 bits per heavy atom. The van der Waals surface area contributed by atoms with E-state index in [0.717, 1.165) is 30.8 Å². The summed E-state index contributed by atoms with van der Waals surface area (Å²) in [6, 6.07) is 0. The van der Waals surface area contributed by atoms with Crippen LogP contribution in [0.25, 0.3) is 0 Å². The molecule has 20 heavy (non-hydrogen) atoms. The summed E-state index contributed by atoms with van der Waals surface area (Å²) in [6.07, 6.45) is 15.8. The number of piperidine rings is 1. The van der Waals surface area contributed by atoms with Crippen LogP contribution in [-0.4, -0.2) is 23.8 Å². The second-order valence-electron chi connectivity index (χ2n) is 7.97. The highest BCUT2D eigenvalue weighted by Crippen LogP contribution is 2.60. The maximum Gasteiger partial charge on any atom is 0.163 e. The molecule has 1 heterocycles. The standard InChI is InChI=1S/C18H27NO/c20-17(4-7-19-5-2-1-3-6-19)18-11-14-8-15(12-18)10-16(9-14)13-18/h4,7,14-16H,1-3,5-6,8-13H2/b7-4+. The maximum absolute atomic E-state index is 12.8. The van der Waals surface area contributed by atoms with Gasteiger partial charge in [-0.3, -0.25) is 4.79 Å². The number of hydrogen-bond acceptors (Lipinski definition) is 2. The zero-order valence-corrected chi connectivity index (χ0v) is 12.5. The van der Waals surface area contributed by atoms with Crippen molar-refractivity contribution < 1.29 is 4.79 Å². The number of carbonyl (C=O) groups excluding carboxylic acids is 1. The van der Waals surface area contributed by atoms with Gasteiger partial charge < -0.3 is 4.90 Å². The van der Waals surface area contributed by atoms with Gasteiger partial charge in [-0.2, -0.15) is 0 Å². The number of nitrogens with zero attached hydrogens (tertiary/aromatic N) is 1. The van der Waals surface area contributed by atoms with Gasteiger partial charge in [0.1, 0.15) is 0 Å². The smallest absolute Gasteiger partial charge is 0.163 e. The van der Waals surface area contributed by atoms with Gasteiger partial charge in [0.25, 0.3) is 0 Å². The van der Waals surface area contributed by atoms with Gasteiger partial charge in [-0.25, -0.2) is 0 Å². The summed E-state index contributed by atoms with van der Waals surface area (Å²) >= 11 is 0. The van der Waals surface area contributed by atoms with Crippen molar-refractivity contribution in [2.24, 2.45) is 23.2 Å². The van der Waals surface area contributed by atoms with E-state index >= 15 is 0 Å². The number of hydrogen-bond donors (Lipinski definition) is 0. The Hall–Kier alpha value is -0.790. The average Bonchev–Trinajstić information content (AvgIpc) is 2.44. The van der Waals surface area contributed by atoms with E-state index in [1.54, 1.807) is 0 Å². The van der Waals surface area contributed by atoms with Gasteiger partial charge in [0.15, 0.2) is 5.78 Å². The molecule has 4 bridgehead atoms. The second-order valence-corrected chi connectivity index (χ2v) is 7.97. The topological polar surface area (TPSA) is 20.3 Å². The SMILES string of the molecule is O=C(/C=C/N1CCCCC1)C12CC3CC(CC(C3)C1)C2. The highest BCUT2D eigenvalue weighted by Gasteiger charge is 2.53. The van der Waals surface area contributed by atoms with Gasteiger partial charge in [-0.1, -0.05) is 0 Å². The normalized spacial score (nSPS) is 43.4. The Morgan fingerprint density at radius 2 is 1.45 bits per heavy atom. The molecule has 0 aromatic rings. The van der Waals surface area contributed by atoms with Gasteiger partial charge in [0.05, 0.1) is 0 Å². The maximum atomic E-state index is 12.8. The minimum absolute atomic E-state index is 0.0566. The van der Waals surface area contributed by atoms with Gasteiger partial charge in [-0.15, -0.1) is 0 Å². The summed E-state index contributed by atoms with van der Waals surface area (Å²) in [6.45, 7) is 2.29. The molecule has 5 fully saturated rings. The van der Waals surface area contributed by atoms with E-state index in [1.165, 1.54) is 57.8 Å². The van der Waals surface area contributed by atoms with E-state index in [2.05, 4.69) is 11.1 Å². The fourth-order valence-electron chi connectivity index (χ4n) is 5.83. The lowest BCUT2D eigenvalue weighted by Gasteiger charge is -2.55. The van der Waals surface area contributed by atoms with Gasteiger partial charge in [0.2, 0.25) is 0 Å². The van der Waals surface area contributed by atoms with Crippen LogP contribution in [0.2, 0.25) is 0 Å². The molecule has 0 N–H and O–H groups in total. The van der Waals surface area contributed by atoms with Crippen molar-refractivity contribution in [3.63, 3.8) is 0 Å². The van der Waals surface area contributed by atoms with E-state index in [9.17, 15) is 4.79 Å². The fraction of sp³-hybridized carbons (Fsp3) is 0.833. The van der Waals surface area contributed by atoms with E-state index < -0.39 is 0 Å². The van der Waals surface area contributed by atoms with E-state index in [0.29, 0.717) is 5.78 Å². The Morgan fingerprint density at radius 1 is 0.900 bits per heavy atom. The first kappa shape index (κ1) is 12.9. The molecule has 0 unspecified atom stereocenters. The molecule has 0 aromatic carbocycles. The number of ketones is 1. The van der Waals surface area contributed by atoms with E-state index in [1.807, 2.05) is 6.08 Å². The summed E-state index contributed by atoms with van der Waals surface area (Å²) in [7, 11) is 0. The lowest BCUT2D eigenvalue weighted by molar-refractivity contribution is -0.138. The monoisotopic (exact) mass is 273 g/mol. The minimum atomic E-state index is 0.0566. The van der Waals surface area contributed by atoms with Crippen LogP contribution in [0.3, 0.4) is 0 Å². The lowest BCUT2D eigenvalue weighted by Crippen LogP contribution is -2.49. The average molecular weight is 273 g/mol. The minimum Gasteiger partial charge on any atom is -0.377 e. The van der Waals surface area contributed by atoms with Crippen molar-refractivity contribution in [1.29, 1.82) is 0 Å². The molecule has 0 radical (unpaired) electrons. The van der Waals surface area contributed by atoms with Crippen molar-refractivity contribution in [3.05, 3.63) is 12.3 Å². The molecule has 1 saturated heterocycles. The molecule has 2 heteroatoms. The molecule has 110 valence electrons. The molecule has 1 aliphatic heterocycles. The molecule has 0 spiro atoms. The summed E-state index contributed by atoms with van der Waals surface area (Å²) in [5.74, 6) is 3.07. The van der Waals surface area contributed by atoms with Crippen molar-refractivity contribution in [2.75, 3.05) is 13.1 Å². The van der Waals surface area contributed by atoms with Crippen molar-refractivity contribution >= 4 is 5.78 Å². The van der Waals surface area contributed by atoms with Crippen LogP contribution < -0.4 is 0 Å². The zero-order chi connectivity index (χ0) is 13.6. The molecule has 0 atom stereocenters. The predicted molar refractivity (Wildman–Crippen MR) is 80.2 cm³/mol. The molecule has 0 amide bonds. The Labute approximate surface area is 122 Å². The van der Waals surface area contributed by atoms with Crippen molar-refractivity contribution in [2.45, 2.75) is 57.8 Å². The molecule has 4 saturated carbocycles. The third-order valence-electron chi connectivity index (χ3n) is 6.39. The predicted octanol–water partition coefficient (Wildman–Crippen LogP) is 3.77. The lowest BCUT2D eigenvalue weighted by atomic mass is 9.48. The van der Waals surface area contributed by atoms with Gasteiger partial charge in [0, 0.05) is 24.7 Å². The number of carbonyl (C=O) groups is 1. The highest BCUT2D eigenvalue weighted by atomic mass is 16.1. The largest absolute Gasteiger partial charge is 0.377 e. The fourth-order valence-corrected chi connectivity index (χ4v) is 5.83. The van der Waals surface area contributed by atoms with E-state index in [-0.39, 0.29) is 5.41 Å². The number of rotatable bonds is 3. The second kappa shape index (κ2) is 4.89. The Kier molecular flexibility index (Phi) is 3.16. The first-order valence-electron chi connectivity index (χ1n) is 8.70. The van der Waals surface area contributed by atoms with Crippen molar-refractivity contribution in [1.82, 2.24) is 4.90 Å². The third-order valence-corrected chi connectivity index (χ3v) is 6.39. The quantitative estimate of drug-likeness (QED) is 0.730. The zero-order valence-electron chi connectivity index (χ0n) is 12.5. The van der Waals surface area contributed by atoms with Crippen LogP contribution in [0, 0.1) is 23.2 Å². The first-order valence-corrected chi connectivity index (χ1v) is 8.70. The summed E-state index contributed by atoms with van der Waals surface area (Å²) in [5.41, 5.74) is 0.0566.